The Kier molecular flexibility index (Phi) is 6.62. The second kappa shape index (κ2) is 8.86. The maximum atomic E-state index is 14.5. The molecule has 0 radical (unpaired) electrons. The molecule has 3 fully saturated rings. The van der Waals surface area contributed by atoms with Crippen molar-refractivity contribution in [2.75, 3.05) is 5.75 Å². The van der Waals surface area contributed by atoms with Gasteiger partial charge in [-0.2, -0.15) is 5.26 Å². The molecule has 0 heterocycles. The monoisotopic (exact) mass is 584 g/mol. The lowest BCUT2D eigenvalue weighted by Gasteiger charge is -2.71. The summed E-state index contributed by atoms with van der Waals surface area (Å²) < 4.78 is 28.7. The van der Waals surface area contributed by atoms with Gasteiger partial charge in [0.05, 0.1) is 11.3 Å². The number of hydrogen-bond donors (Lipinski definition) is 2. The molecular formula is C33H48N2O5S. The molecule has 7 nitrogen and oxygen atoms in total. The van der Waals surface area contributed by atoms with Crippen LogP contribution in [0.1, 0.15) is 107 Å². The van der Waals surface area contributed by atoms with Gasteiger partial charge in [0.25, 0.3) is 0 Å². The number of fused-ring (bicyclic) bond motifs is 7. The van der Waals surface area contributed by atoms with E-state index in [1.54, 1.807) is 6.08 Å². The van der Waals surface area contributed by atoms with Crippen LogP contribution >= 0.6 is 0 Å². The van der Waals surface area contributed by atoms with Crippen molar-refractivity contribution in [1.29, 1.82) is 5.26 Å². The van der Waals surface area contributed by atoms with E-state index in [1.807, 2.05) is 33.8 Å². The number of sulfonamides is 1. The predicted molar refractivity (Wildman–Crippen MR) is 158 cm³/mol. The molecule has 5 aliphatic carbocycles. The zero-order valence-electron chi connectivity index (χ0n) is 26.1. The van der Waals surface area contributed by atoms with Crippen LogP contribution in [0.15, 0.2) is 23.3 Å². The van der Waals surface area contributed by atoms with Crippen molar-refractivity contribution in [2.24, 2.45) is 38.9 Å². The maximum Gasteiger partial charge on any atom is 0.212 e. The number of ketones is 2. The Labute approximate surface area is 246 Å². The van der Waals surface area contributed by atoms with E-state index in [0.29, 0.717) is 25.7 Å². The Balaban J connectivity index is 1.66. The van der Waals surface area contributed by atoms with Crippen LogP contribution in [0.25, 0.3) is 0 Å². The second-order valence-electron chi connectivity index (χ2n) is 15.8. The van der Waals surface area contributed by atoms with Gasteiger partial charge in [0.2, 0.25) is 10.0 Å². The van der Waals surface area contributed by atoms with Crippen LogP contribution in [0.3, 0.4) is 0 Å². The molecule has 5 rings (SSSR count). The average molecular weight is 585 g/mol. The Bertz CT molecular complexity index is 1420. The summed E-state index contributed by atoms with van der Waals surface area (Å²) in [5.41, 5.74) is -4.41. The number of allylic oxidation sites excluding steroid dienone is 3. The van der Waals surface area contributed by atoms with Crippen molar-refractivity contribution in [1.82, 2.24) is 4.72 Å². The third kappa shape index (κ3) is 3.83. The van der Waals surface area contributed by atoms with Crippen LogP contribution in [0.4, 0.5) is 0 Å². The molecule has 0 unspecified atom stereocenters. The Morgan fingerprint density at radius 3 is 2.24 bits per heavy atom. The number of rotatable bonds is 4. The minimum atomic E-state index is -3.49. The van der Waals surface area contributed by atoms with Crippen LogP contribution in [0, 0.1) is 50.2 Å². The summed E-state index contributed by atoms with van der Waals surface area (Å²) in [6.07, 6.45) is 8.76. The third-order valence-electron chi connectivity index (χ3n) is 13.1. The summed E-state index contributed by atoms with van der Waals surface area (Å²) in [6, 6.07) is 2.13. The molecule has 0 bridgehead atoms. The van der Waals surface area contributed by atoms with Crippen molar-refractivity contribution in [2.45, 2.75) is 118 Å². The summed E-state index contributed by atoms with van der Waals surface area (Å²) in [7, 11) is -3.49. The number of Topliss-reactive ketones (excluding diaryl/α,β-unsaturated/α-hetero) is 1. The van der Waals surface area contributed by atoms with E-state index in [1.165, 1.54) is 0 Å². The van der Waals surface area contributed by atoms with Gasteiger partial charge in [0.15, 0.2) is 11.6 Å². The van der Waals surface area contributed by atoms with Gasteiger partial charge in [-0.05, 0) is 86.7 Å². The van der Waals surface area contributed by atoms with E-state index in [9.17, 15) is 28.4 Å². The molecule has 5 aliphatic rings. The van der Waals surface area contributed by atoms with Gasteiger partial charge in [-0.15, -0.1) is 0 Å². The highest BCUT2D eigenvalue weighted by Crippen LogP contribution is 2.75. The zero-order chi connectivity index (χ0) is 30.7. The van der Waals surface area contributed by atoms with E-state index < -0.39 is 48.7 Å². The highest BCUT2D eigenvalue weighted by atomic mass is 32.2. The van der Waals surface area contributed by atoms with Crippen molar-refractivity contribution in [3.05, 3.63) is 23.3 Å². The van der Waals surface area contributed by atoms with Crippen LogP contribution in [-0.2, 0) is 19.6 Å². The van der Waals surface area contributed by atoms with Crippen molar-refractivity contribution < 1.29 is 23.1 Å². The Morgan fingerprint density at radius 1 is 1.00 bits per heavy atom. The van der Waals surface area contributed by atoms with E-state index in [0.717, 1.165) is 31.3 Å². The number of nitrogens with one attached hydrogen (secondary N) is 1. The van der Waals surface area contributed by atoms with Crippen molar-refractivity contribution >= 4 is 21.6 Å². The lowest BCUT2D eigenvalue weighted by Crippen LogP contribution is -2.74. The zero-order valence-corrected chi connectivity index (χ0v) is 26.9. The number of nitriles is 1. The van der Waals surface area contributed by atoms with Gasteiger partial charge < -0.3 is 5.11 Å². The fourth-order valence-electron chi connectivity index (χ4n) is 10.5. The molecule has 2 N–H and O–H groups in total. The molecular weight excluding hydrogens is 536 g/mol. The van der Waals surface area contributed by atoms with Gasteiger partial charge in [0.1, 0.15) is 11.7 Å². The van der Waals surface area contributed by atoms with Gasteiger partial charge in [-0.1, -0.05) is 54.5 Å². The molecule has 8 atom stereocenters. The molecule has 0 aliphatic heterocycles. The second-order valence-corrected chi connectivity index (χ2v) is 17.7. The highest BCUT2D eigenvalue weighted by molar-refractivity contribution is 7.89. The standard InChI is InChI=1S/C33H48N2O5S/c1-9-16-41(39,40)35-29(5)14-12-28(4)13-15-32(8)31(7)11-10-22-27(2,3)26(37)21(20-34)18-30(22,6)23(31)17-25(36)33(32,38)24(28)19-29/h17-18,22,24,35,38H,9-16,19H2,1-8H3/t22-,24+,28+,29-,30-,31+,32-,33+/m0/s1. The summed E-state index contributed by atoms with van der Waals surface area (Å²) in [5.74, 6) is -0.892. The summed E-state index contributed by atoms with van der Waals surface area (Å²) >= 11 is 0. The van der Waals surface area contributed by atoms with E-state index >= 15 is 0 Å². The summed E-state index contributed by atoms with van der Waals surface area (Å²) in [5, 5.41) is 22.8. The molecule has 41 heavy (non-hydrogen) atoms. The Morgan fingerprint density at radius 2 is 1.63 bits per heavy atom. The molecule has 0 aromatic carbocycles. The van der Waals surface area contributed by atoms with Crippen LogP contribution < -0.4 is 4.72 Å². The first-order valence-corrected chi connectivity index (χ1v) is 17.0. The van der Waals surface area contributed by atoms with E-state index in [2.05, 4.69) is 38.5 Å². The quantitative estimate of drug-likeness (QED) is 0.456. The lowest BCUT2D eigenvalue weighted by atomic mass is 9.33. The first-order chi connectivity index (χ1) is 18.7. The van der Waals surface area contributed by atoms with Crippen LogP contribution in [-0.4, -0.2) is 42.0 Å². The highest BCUT2D eigenvalue weighted by Gasteiger charge is 2.75. The molecule has 0 saturated heterocycles. The molecule has 0 spiro atoms. The third-order valence-corrected chi connectivity index (χ3v) is 14.9. The molecule has 0 aromatic heterocycles. The number of carbonyl (C=O) groups excluding carboxylic acids is 2. The van der Waals surface area contributed by atoms with Crippen LogP contribution in [0.2, 0.25) is 0 Å². The van der Waals surface area contributed by atoms with Gasteiger partial charge >= 0.3 is 0 Å². The Hall–Kier alpha value is -1.82. The van der Waals surface area contributed by atoms with E-state index in [4.69, 9.17) is 0 Å². The van der Waals surface area contributed by atoms with Gasteiger partial charge in [0, 0.05) is 27.7 Å². The summed E-state index contributed by atoms with van der Waals surface area (Å²) in [6.45, 7) is 16.1. The SMILES string of the molecule is CCCS(=O)(=O)N[C@@]1(C)CC[C@]2(C)CC[C@@]3(C)[C@]4(C)CC[C@H]5C(C)(C)C(=O)C(C#N)=C[C@]5(C)C4=CC(=O)[C@]3(O)[C@@H]2C1. The predicted octanol–water partition coefficient (Wildman–Crippen LogP) is 5.40. The van der Waals surface area contributed by atoms with E-state index in [-0.39, 0.29) is 34.2 Å². The number of aliphatic hydroxyl groups is 1. The number of hydrogen-bond acceptors (Lipinski definition) is 6. The van der Waals surface area contributed by atoms with Crippen LogP contribution in [0.5, 0.6) is 0 Å². The van der Waals surface area contributed by atoms with Crippen molar-refractivity contribution in [3.63, 3.8) is 0 Å². The molecule has 8 heteroatoms. The molecule has 0 amide bonds. The van der Waals surface area contributed by atoms with Gasteiger partial charge in [-0.25, -0.2) is 13.1 Å². The topological polar surface area (TPSA) is 124 Å². The summed E-state index contributed by atoms with van der Waals surface area (Å²) in [4.78, 5) is 27.8. The molecule has 0 aromatic rings. The minimum Gasteiger partial charge on any atom is -0.381 e. The maximum absolute atomic E-state index is 14.5. The lowest BCUT2D eigenvalue weighted by molar-refractivity contribution is -0.239. The number of carbonyl (C=O) groups is 2. The first kappa shape index (κ1) is 30.6. The van der Waals surface area contributed by atoms with Crippen molar-refractivity contribution in [3.8, 4) is 6.07 Å². The minimum absolute atomic E-state index is 0.0480. The number of nitrogens with zero attached hydrogens (tertiary/aromatic N) is 1. The fourth-order valence-corrected chi connectivity index (χ4v) is 12.1. The van der Waals surface area contributed by atoms with Gasteiger partial charge in [-0.3, -0.25) is 9.59 Å². The first-order valence-electron chi connectivity index (χ1n) is 15.4. The molecule has 226 valence electrons. The normalized spacial score (nSPS) is 47.1. The molecule has 3 saturated carbocycles. The average Bonchev–Trinajstić information content (AvgIpc) is 2.86. The largest absolute Gasteiger partial charge is 0.381 e. The fraction of sp³-hybridized carbons (Fsp3) is 0.788. The smallest absolute Gasteiger partial charge is 0.212 e.